The van der Waals surface area contributed by atoms with Gasteiger partial charge in [-0.25, -0.2) is 4.79 Å². The van der Waals surface area contributed by atoms with Crippen LogP contribution in [-0.4, -0.2) is 22.5 Å². The quantitative estimate of drug-likeness (QED) is 0.887. The molecule has 1 fully saturated rings. The van der Waals surface area contributed by atoms with E-state index in [0.29, 0.717) is 23.4 Å². The summed E-state index contributed by atoms with van der Waals surface area (Å²) in [7, 11) is 0. The molecule has 1 aliphatic carbocycles. The summed E-state index contributed by atoms with van der Waals surface area (Å²) in [5.41, 5.74) is -0.885. The number of hydrogen-bond donors (Lipinski definition) is 2. The van der Waals surface area contributed by atoms with Crippen molar-refractivity contribution in [2.75, 3.05) is 0 Å². The minimum Gasteiger partial charge on any atom is -0.480 e. The second kappa shape index (κ2) is 6.24. The summed E-state index contributed by atoms with van der Waals surface area (Å²) in [5, 5.41) is 12.8. The Balaban J connectivity index is 2.22. The van der Waals surface area contributed by atoms with Crippen molar-refractivity contribution >= 4 is 35.1 Å². The number of carbonyl (C=O) groups is 2. The first-order valence-corrected chi connectivity index (χ1v) is 7.60. The fourth-order valence-corrected chi connectivity index (χ4v) is 3.14. The van der Waals surface area contributed by atoms with Crippen molar-refractivity contribution in [2.24, 2.45) is 5.92 Å². The molecule has 114 valence electrons. The van der Waals surface area contributed by atoms with Gasteiger partial charge in [-0.3, -0.25) is 4.79 Å². The summed E-state index contributed by atoms with van der Waals surface area (Å²) in [6.07, 6.45) is 2.65. The van der Waals surface area contributed by atoms with E-state index in [1.165, 1.54) is 18.2 Å². The number of amides is 1. The lowest BCUT2D eigenvalue weighted by Gasteiger charge is -2.37. The lowest BCUT2D eigenvalue weighted by atomic mass is 9.76. The predicted molar refractivity (Wildman–Crippen MR) is 81.9 cm³/mol. The van der Waals surface area contributed by atoms with Gasteiger partial charge in [0.05, 0.1) is 10.0 Å². The minimum absolute atomic E-state index is 0.268. The Bertz CT molecular complexity index is 576. The molecule has 1 aromatic rings. The molecule has 0 bridgehead atoms. The standard InChI is InChI=1S/C15H17Cl2NO3/c1-9-3-2-6-15(8-9,14(20)21)18-13(19)10-4-5-11(16)12(17)7-10/h4-5,7,9H,2-3,6,8H2,1H3,(H,18,19)(H,20,21). The van der Waals surface area contributed by atoms with E-state index in [1.54, 1.807) is 0 Å². The van der Waals surface area contributed by atoms with Crippen LogP contribution in [0.3, 0.4) is 0 Å². The van der Waals surface area contributed by atoms with Crippen LogP contribution in [0.1, 0.15) is 43.0 Å². The van der Waals surface area contributed by atoms with Gasteiger partial charge in [-0.05, 0) is 37.0 Å². The minimum atomic E-state index is -1.19. The molecule has 6 heteroatoms. The van der Waals surface area contributed by atoms with Gasteiger partial charge in [0.2, 0.25) is 0 Å². The normalized spacial score (nSPS) is 25.4. The SMILES string of the molecule is CC1CCCC(NC(=O)c2ccc(Cl)c(Cl)c2)(C(=O)O)C1. The molecule has 0 aliphatic heterocycles. The number of carboxylic acid groups (broad SMARTS) is 1. The van der Waals surface area contributed by atoms with E-state index in [4.69, 9.17) is 23.2 Å². The lowest BCUT2D eigenvalue weighted by Crippen LogP contribution is -2.56. The third-order valence-corrected chi connectivity index (χ3v) is 4.68. The van der Waals surface area contributed by atoms with E-state index in [2.05, 4.69) is 5.32 Å². The molecule has 2 N–H and O–H groups in total. The highest BCUT2D eigenvalue weighted by Crippen LogP contribution is 2.33. The lowest BCUT2D eigenvalue weighted by molar-refractivity contribution is -0.146. The van der Waals surface area contributed by atoms with Crippen molar-refractivity contribution in [1.29, 1.82) is 0 Å². The zero-order valence-electron chi connectivity index (χ0n) is 11.7. The van der Waals surface area contributed by atoms with Crippen LogP contribution in [0, 0.1) is 5.92 Å². The monoisotopic (exact) mass is 329 g/mol. The third kappa shape index (κ3) is 3.50. The summed E-state index contributed by atoms with van der Waals surface area (Å²) < 4.78 is 0. The summed E-state index contributed by atoms with van der Waals surface area (Å²) >= 11 is 11.7. The summed E-state index contributed by atoms with van der Waals surface area (Å²) in [4.78, 5) is 24.0. The van der Waals surface area contributed by atoms with E-state index < -0.39 is 17.4 Å². The maximum Gasteiger partial charge on any atom is 0.329 e. The number of halogens is 2. The smallest absolute Gasteiger partial charge is 0.329 e. The Morgan fingerprint density at radius 1 is 1.33 bits per heavy atom. The first-order chi connectivity index (χ1) is 9.84. The maximum atomic E-state index is 12.3. The van der Waals surface area contributed by atoms with Crippen molar-refractivity contribution in [1.82, 2.24) is 5.32 Å². The van der Waals surface area contributed by atoms with Crippen molar-refractivity contribution in [3.8, 4) is 0 Å². The van der Waals surface area contributed by atoms with Gasteiger partial charge < -0.3 is 10.4 Å². The number of nitrogens with one attached hydrogen (secondary N) is 1. The van der Waals surface area contributed by atoms with Gasteiger partial charge in [-0.1, -0.05) is 43.0 Å². The highest BCUT2D eigenvalue weighted by atomic mass is 35.5. The average molecular weight is 330 g/mol. The molecule has 1 saturated carbocycles. The van der Waals surface area contributed by atoms with Crippen LogP contribution in [0.5, 0.6) is 0 Å². The van der Waals surface area contributed by atoms with E-state index in [0.717, 1.165) is 12.8 Å². The van der Waals surface area contributed by atoms with Crippen LogP contribution in [0.4, 0.5) is 0 Å². The molecule has 21 heavy (non-hydrogen) atoms. The van der Waals surface area contributed by atoms with Crippen LogP contribution in [0.2, 0.25) is 10.0 Å². The second-order valence-corrected chi connectivity index (χ2v) is 6.49. The Hall–Kier alpha value is -1.26. The topological polar surface area (TPSA) is 66.4 Å². The summed E-state index contributed by atoms with van der Waals surface area (Å²) in [5.74, 6) is -1.16. The molecule has 1 amide bonds. The fraction of sp³-hybridized carbons (Fsp3) is 0.467. The number of carbonyl (C=O) groups excluding carboxylic acids is 1. The summed E-state index contributed by atoms with van der Waals surface area (Å²) in [6, 6.07) is 4.50. The van der Waals surface area contributed by atoms with E-state index in [9.17, 15) is 14.7 Å². The van der Waals surface area contributed by atoms with E-state index in [-0.39, 0.29) is 10.9 Å². The molecule has 0 spiro atoms. The Labute approximate surface area is 133 Å². The Kier molecular flexibility index (Phi) is 4.79. The van der Waals surface area contributed by atoms with Crippen molar-refractivity contribution < 1.29 is 14.7 Å². The predicted octanol–water partition coefficient (Wildman–Crippen LogP) is 3.76. The molecule has 0 saturated heterocycles. The molecular weight excluding hydrogens is 313 g/mol. The molecule has 2 rings (SSSR count). The number of hydrogen-bond acceptors (Lipinski definition) is 2. The highest BCUT2D eigenvalue weighted by Gasteiger charge is 2.43. The Morgan fingerprint density at radius 2 is 2.05 bits per heavy atom. The zero-order chi connectivity index (χ0) is 15.6. The van der Waals surface area contributed by atoms with Gasteiger partial charge in [-0.2, -0.15) is 0 Å². The van der Waals surface area contributed by atoms with Crippen LogP contribution < -0.4 is 5.32 Å². The molecule has 2 atom stereocenters. The molecular formula is C15H17Cl2NO3. The van der Waals surface area contributed by atoms with Gasteiger partial charge in [0.25, 0.3) is 5.91 Å². The third-order valence-electron chi connectivity index (χ3n) is 3.94. The number of carboxylic acids is 1. The average Bonchev–Trinajstić information content (AvgIpc) is 2.41. The highest BCUT2D eigenvalue weighted by molar-refractivity contribution is 6.42. The number of aliphatic carboxylic acids is 1. The van der Waals surface area contributed by atoms with Gasteiger partial charge >= 0.3 is 5.97 Å². The molecule has 1 aromatic carbocycles. The number of benzene rings is 1. The van der Waals surface area contributed by atoms with Gasteiger partial charge in [0, 0.05) is 5.56 Å². The molecule has 0 heterocycles. The van der Waals surface area contributed by atoms with E-state index >= 15 is 0 Å². The molecule has 1 aliphatic rings. The van der Waals surface area contributed by atoms with Gasteiger partial charge in [-0.15, -0.1) is 0 Å². The van der Waals surface area contributed by atoms with Crippen LogP contribution in [-0.2, 0) is 4.79 Å². The maximum absolute atomic E-state index is 12.3. The van der Waals surface area contributed by atoms with E-state index in [1.807, 2.05) is 6.92 Å². The van der Waals surface area contributed by atoms with Gasteiger partial charge in [0.1, 0.15) is 5.54 Å². The summed E-state index contributed by atoms with van der Waals surface area (Å²) in [6.45, 7) is 2.00. The van der Waals surface area contributed by atoms with Crippen LogP contribution >= 0.6 is 23.2 Å². The first kappa shape index (κ1) is 16.1. The fourth-order valence-electron chi connectivity index (χ4n) is 2.84. The largest absolute Gasteiger partial charge is 0.480 e. The van der Waals surface area contributed by atoms with Crippen molar-refractivity contribution in [2.45, 2.75) is 38.1 Å². The molecule has 2 unspecified atom stereocenters. The van der Waals surface area contributed by atoms with Crippen molar-refractivity contribution in [3.05, 3.63) is 33.8 Å². The molecule has 0 aromatic heterocycles. The number of rotatable bonds is 3. The van der Waals surface area contributed by atoms with Crippen LogP contribution in [0.25, 0.3) is 0 Å². The molecule has 4 nitrogen and oxygen atoms in total. The van der Waals surface area contributed by atoms with Gasteiger partial charge in [0.15, 0.2) is 0 Å². The van der Waals surface area contributed by atoms with Crippen LogP contribution in [0.15, 0.2) is 18.2 Å². The first-order valence-electron chi connectivity index (χ1n) is 6.85. The van der Waals surface area contributed by atoms with Crippen molar-refractivity contribution in [3.63, 3.8) is 0 Å². The zero-order valence-corrected chi connectivity index (χ0v) is 13.2. The second-order valence-electron chi connectivity index (χ2n) is 5.67. The Morgan fingerprint density at radius 3 is 2.62 bits per heavy atom. The molecule has 0 radical (unpaired) electrons.